The molecule has 0 spiro atoms. The molecule has 1 saturated heterocycles. The highest BCUT2D eigenvalue weighted by Crippen LogP contribution is 2.30. The van der Waals surface area contributed by atoms with E-state index in [1.807, 2.05) is 0 Å². The van der Waals surface area contributed by atoms with Crippen LogP contribution < -0.4 is 4.74 Å². The van der Waals surface area contributed by atoms with Crippen molar-refractivity contribution in [2.24, 2.45) is 0 Å². The maximum Gasteiger partial charge on any atom is 0.421 e. The van der Waals surface area contributed by atoms with Crippen molar-refractivity contribution in [2.75, 3.05) is 39.6 Å². The number of carboxylic acid groups (broad SMARTS) is 1. The quantitative estimate of drug-likeness (QED) is 0.455. The van der Waals surface area contributed by atoms with Gasteiger partial charge < -0.3 is 24.4 Å². The monoisotopic (exact) mass is 381 g/mol. The molecule has 0 aliphatic carbocycles. The highest BCUT2D eigenvalue weighted by molar-refractivity contribution is 6.11. The summed E-state index contributed by atoms with van der Waals surface area (Å²) in [6.45, 7) is 1.79. The van der Waals surface area contributed by atoms with Crippen LogP contribution in [0.15, 0.2) is 24.3 Å². The topological polar surface area (TPSA) is 123 Å². The number of carbonyl (C=O) groups is 3. The second-order valence-corrected chi connectivity index (χ2v) is 5.81. The number of amides is 3. The molecule has 0 saturated carbocycles. The number of ether oxygens (including phenoxy) is 3. The van der Waals surface area contributed by atoms with Crippen LogP contribution in [0.2, 0.25) is 0 Å². The number of rotatable bonds is 10. The summed E-state index contributed by atoms with van der Waals surface area (Å²) in [7, 11) is 0. The van der Waals surface area contributed by atoms with Crippen molar-refractivity contribution in [3.8, 4) is 5.75 Å². The Labute approximate surface area is 156 Å². The third-order valence-electron chi connectivity index (χ3n) is 3.99. The molecule has 1 atom stereocenters. The fraction of sp³-hybridized carbons (Fsp3) is 0.500. The standard InChI is InChI=1S/C18H23NO8/c20-7-8-25-9-10-26-11-12-27-14-3-1-13(2-4-14)15-5-6-16(21)19(17(15)22)18(23)24/h1-4,15,20H,5-12H2,(H,23,24). The molecule has 2 rings (SSSR count). The van der Waals surface area contributed by atoms with Crippen molar-refractivity contribution >= 4 is 17.9 Å². The van der Waals surface area contributed by atoms with E-state index in [1.165, 1.54) is 0 Å². The van der Waals surface area contributed by atoms with Gasteiger partial charge in [-0.25, -0.2) is 4.79 Å². The zero-order chi connectivity index (χ0) is 19.6. The highest BCUT2D eigenvalue weighted by atomic mass is 16.5. The van der Waals surface area contributed by atoms with Gasteiger partial charge in [-0.15, -0.1) is 0 Å². The van der Waals surface area contributed by atoms with Crippen LogP contribution in [-0.4, -0.2) is 72.7 Å². The summed E-state index contributed by atoms with van der Waals surface area (Å²) in [4.78, 5) is 35.2. The van der Waals surface area contributed by atoms with Gasteiger partial charge in [-0.3, -0.25) is 9.59 Å². The average Bonchev–Trinajstić information content (AvgIpc) is 2.64. The van der Waals surface area contributed by atoms with Crippen molar-refractivity contribution in [3.05, 3.63) is 29.8 Å². The number of carbonyl (C=O) groups excluding carboxylic acids is 2. The second kappa shape index (κ2) is 10.6. The number of hydrogen-bond donors (Lipinski definition) is 2. The van der Waals surface area contributed by atoms with Gasteiger partial charge in [-0.05, 0) is 24.1 Å². The van der Waals surface area contributed by atoms with Crippen LogP contribution in [0, 0.1) is 0 Å². The molecule has 0 radical (unpaired) electrons. The lowest BCUT2D eigenvalue weighted by atomic mass is 9.89. The lowest BCUT2D eigenvalue weighted by molar-refractivity contribution is -0.146. The highest BCUT2D eigenvalue weighted by Gasteiger charge is 2.39. The van der Waals surface area contributed by atoms with Crippen molar-refractivity contribution < 1.29 is 38.8 Å². The first-order valence-corrected chi connectivity index (χ1v) is 8.63. The molecule has 148 valence electrons. The summed E-state index contributed by atoms with van der Waals surface area (Å²) in [5.41, 5.74) is 0.642. The maximum atomic E-state index is 12.3. The van der Waals surface area contributed by atoms with E-state index in [0.717, 1.165) is 0 Å². The SMILES string of the molecule is O=C(O)N1C(=O)CCC(c2ccc(OCCOCCOCCO)cc2)C1=O. The number of aliphatic hydroxyl groups excluding tert-OH is 1. The largest absolute Gasteiger partial charge is 0.491 e. The van der Waals surface area contributed by atoms with Gasteiger partial charge in [0.2, 0.25) is 11.8 Å². The number of nitrogens with zero attached hydrogens (tertiary/aromatic N) is 1. The lowest BCUT2D eigenvalue weighted by Crippen LogP contribution is -2.47. The average molecular weight is 381 g/mol. The Balaban J connectivity index is 1.79. The predicted octanol–water partition coefficient (Wildman–Crippen LogP) is 1.00. The van der Waals surface area contributed by atoms with E-state index in [9.17, 15) is 14.4 Å². The minimum atomic E-state index is -1.54. The normalized spacial score (nSPS) is 17.2. The van der Waals surface area contributed by atoms with Crippen molar-refractivity contribution in [3.63, 3.8) is 0 Å². The lowest BCUT2D eigenvalue weighted by Gasteiger charge is -2.27. The number of piperidine rings is 1. The van der Waals surface area contributed by atoms with Crippen LogP contribution in [0.25, 0.3) is 0 Å². The van der Waals surface area contributed by atoms with E-state index in [2.05, 4.69) is 0 Å². The molecule has 1 unspecified atom stereocenters. The summed E-state index contributed by atoms with van der Waals surface area (Å²) in [6, 6.07) is 6.76. The summed E-state index contributed by atoms with van der Waals surface area (Å²) in [6.07, 6.45) is -1.25. The molecular weight excluding hydrogens is 358 g/mol. The number of benzene rings is 1. The van der Waals surface area contributed by atoms with Crippen molar-refractivity contribution in [1.82, 2.24) is 4.90 Å². The third kappa shape index (κ3) is 6.02. The van der Waals surface area contributed by atoms with Crippen molar-refractivity contribution in [1.29, 1.82) is 0 Å². The minimum absolute atomic E-state index is 0.0142. The Hall–Kier alpha value is -2.49. The zero-order valence-corrected chi connectivity index (χ0v) is 14.8. The van der Waals surface area contributed by atoms with Crippen LogP contribution in [0.4, 0.5) is 4.79 Å². The molecule has 1 fully saturated rings. The van der Waals surface area contributed by atoms with Gasteiger partial charge in [0.15, 0.2) is 0 Å². The second-order valence-electron chi connectivity index (χ2n) is 5.81. The molecule has 27 heavy (non-hydrogen) atoms. The van der Waals surface area contributed by atoms with Crippen LogP contribution in [0.5, 0.6) is 5.75 Å². The summed E-state index contributed by atoms with van der Waals surface area (Å²) < 4.78 is 15.9. The molecule has 1 aromatic rings. The van der Waals surface area contributed by atoms with Gasteiger partial charge in [0.25, 0.3) is 0 Å². The molecule has 9 nitrogen and oxygen atoms in total. The first kappa shape index (κ1) is 20.8. The fourth-order valence-electron chi connectivity index (χ4n) is 2.69. The molecule has 2 N–H and O–H groups in total. The van der Waals surface area contributed by atoms with Gasteiger partial charge in [0.05, 0.1) is 39.0 Å². The molecule has 1 heterocycles. The Morgan fingerprint density at radius 2 is 1.67 bits per heavy atom. The fourth-order valence-corrected chi connectivity index (χ4v) is 2.69. The van der Waals surface area contributed by atoms with Crippen LogP contribution in [0.1, 0.15) is 24.3 Å². The molecule has 1 aliphatic rings. The van der Waals surface area contributed by atoms with E-state index in [0.29, 0.717) is 42.6 Å². The molecular formula is C18H23NO8. The van der Waals surface area contributed by atoms with E-state index in [1.54, 1.807) is 24.3 Å². The van der Waals surface area contributed by atoms with Gasteiger partial charge in [0, 0.05) is 6.42 Å². The van der Waals surface area contributed by atoms with E-state index >= 15 is 0 Å². The molecule has 3 amide bonds. The van der Waals surface area contributed by atoms with Gasteiger partial charge in [-0.2, -0.15) is 4.90 Å². The van der Waals surface area contributed by atoms with E-state index in [-0.39, 0.29) is 26.1 Å². The first-order valence-electron chi connectivity index (χ1n) is 8.63. The van der Waals surface area contributed by atoms with Crippen LogP contribution >= 0.6 is 0 Å². The molecule has 9 heteroatoms. The molecule has 0 aromatic heterocycles. The number of imide groups is 3. The predicted molar refractivity (Wildman–Crippen MR) is 92.5 cm³/mol. The number of likely N-dealkylation sites (tertiary alicyclic amines) is 1. The van der Waals surface area contributed by atoms with Crippen LogP contribution in [-0.2, 0) is 19.1 Å². The number of aliphatic hydroxyl groups is 1. The summed E-state index contributed by atoms with van der Waals surface area (Å²) >= 11 is 0. The Morgan fingerprint density at radius 1 is 1.04 bits per heavy atom. The van der Waals surface area contributed by atoms with Crippen molar-refractivity contribution in [2.45, 2.75) is 18.8 Å². The third-order valence-corrected chi connectivity index (χ3v) is 3.99. The Bertz CT molecular complexity index is 645. The smallest absolute Gasteiger partial charge is 0.421 e. The van der Waals surface area contributed by atoms with Gasteiger partial charge in [0.1, 0.15) is 12.4 Å². The number of hydrogen-bond acceptors (Lipinski definition) is 7. The minimum Gasteiger partial charge on any atom is -0.491 e. The molecule has 1 aliphatic heterocycles. The van der Waals surface area contributed by atoms with Crippen LogP contribution in [0.3, 0.4) is 0 Å². The Kier molecular flexibility index (Phi) is 8.18. The Morgan fingerprint density at radius 3 is 2.30 bits per heavy atom. The first-order chi connectivity index (χ1) is 13.0. The van der Waals surface area contributed by atoms with E-state index in [4.69, 9.17) is 24.4 Å². The van der Waals surface area contributed by atoms with Gasteiger partial charge >= 0.3 is 6.09 Å². The molecule has 1 aromatic carbocycles. The van der Waals surface area contributed by atoms with Gasteiger partial charge in [-0.1, -0.05) is 12.1 Å². The van der Waals surface area contributed by atoms with E-state index < -0.39 is 23.8 Å². The molecule has 0 bridgehead atoms. The summed E-state index contributed by atoms with van der Waals surface area (Å²) in [5.74, 6) is -1.47. The zero-order valence-electron chi connectivity index (χ0n) is 14.8. The summed E-state index contributed by atoms with van der Waals surface area (Å²) in [5, 5.41) is 17.6. The maximum absolute atomic E-state index is 12.3.